The Morgan fingerprint density at radius 2 is 1.92 bits per heavy atom. The number of nitrogens with one attached hydrogen (secondary N) is 1. The highest BCUT2D eigenvalue weighted by atomic mass is 16.5. The van der Waals surface area contributed by atoms with E-state index in [4.69, 9.17) is 9.47 Å². The normalized spacial score (nSPS) is 10.8. The van der Waals surface area contributed by atoms with Gasteiger partial charge in [0, 0.05) is 12.2 Å². The van der Waals surface area contributed by atoms with Gasteiger partial charge in [0.15, 0.2) is 11.2 Å². The Kier molecular flexibility index (Phi) is 5.33. The number of hydrogen-bond donors (Lipinski definition) is 1. The lowest BCUT2D eigenvalue weighted by Crippen LogP contribution is -2.03. The van der Waals surface area contributed by atoms with Gasteiger partial charge in [-0.2, -0.15) is 9.97 Å². The van der Waals surface area contributed by atoms with Crippen LogP contribution in [0.25, 0.3) is 11.2 Å². The molecule has 0 aliphatic carbocycles. The Bertz CT molecular complexity index is 829. The highest BCUT2D eigenvalue weighted by molar-refractivity contribution is 5.78. The summed E-state index contributed by atoms with van der Waals surface area (Å²) in [6.45, 7) is 5.64. The molecule has 7 heteroatoms. The van der Waals surface area contributed by atoms with Crippen LogP contribution in [0.1, 0.15) is 26.7 Å². The number of benzene rings is 1. The first-order valence-electron chi connectivity index (χ1n) is 8.52. The Labute approximate surface area is 147 Å². The van der Waals surface area contributed by atoms with Crippen LogP contribution < -0.4 is 14.8 Å². The summed E-state index contributed by atoms with van der Waals surface area (Å²) in [4.78, 5) is 13.4. The third kappa shape index (κ3) is 3.81. The van der Waals surface area contributed by atoms with E-state index in [0.29, 0.717) is 24.0 Å². The molecule has 0 radical (unpaired) electrons. The molecule has 2 heterocycles. The lowest BCUT2D eigenvalue weighted by Gasteiger charge is -2.09. The molecule has 0 aliphatic rings. The summed E-state index contributed by atoms with van der Waals surface area (Å²) in [6.07, 6.45) is 3.97. The Morgan fingerprint density at radius 3 is 2.60 bits per heavy atom. The van der Waals surface area contributed by atoms with Gasteiger partial charge in [0.05, 0.1) is 20.0 Å². The Hall–Kier alpha value is -2.83. The fraction of sp³-hybridized carbons (Fsp3) is 0.389. The van der Waals surface area contributed by atoms with Gasteiger partial charge in [-0.15, -0.1) is 0 Å². The number of nitrogens with zero attached hydrogens (tertiary/aromatic N) is 4. The largest absolute Gasteiger partial charge is 0.494 e. The number of hydrogen-bond acceptors (Lipinski definition) is 6. The number of rotatable bonds is 8. The second-order valence-corrected chi connectivity index (χ2v) is 5.60. The van der Waals surface area contributed by atoms with Gasteiger partial charge in [-0.3, -0.25) is 0 Å². The molecule has 0 fully saturated rings. The van der Waals surface area contributed by atoms with E-state index in [2.05, 4.69) is 27.2 Å². The number of ether oxygens (including phenoxy) is 2. The standard InChI is InChI=1S/C18H23N5O2/c1-4-6-11-23-12-19-15-16(23)21-18(22-17(15)24-3)20-13-7-9-14(10-8-13)25-5-2/h7-10,12H,4-6,11H2,1-3H3,(H,20,21,22). The summed E-state index contributed by atoms with van der Waals surface area (Å²) in [5.41, 5.74) is 2.33. The van der Waals surface area contributed by atoms with Crippen molar-refractivity contribution in [3.63, 3.8) is 0 Å². The monoisotopic (exact) mass is 341 g/mol. The first-order chi connectivity index (χ1) is 12.2. The van der Waals surface area contributed by atoms with Crippen LogP contribution in [0.15, 0.2) is 30.6 Å². The van der Waals surface area contributed by atoms with Crippen LogP contribution in [0, 0.1) is 0 Å². The Morgan fingerprint density at radius 1 is 1.12 bits per heavy atom. The van der Waals surface area contributed by atoms with Gasteiger partial charge in [-0.05, 0) is 37.6 Å². The molecule has 0 spiro atoms. The molecule has 0 bridgehead atoms. The number of aryl methyl sites for hydroxylation is 1. The summed E-state index contributed by atoms with van der Waals surface area (Å²) < 4.78 is 12.9. The zero-order valence-corrected chi connectivity index (χ0v) is 14.8. The molecule has 0 saturated carbocycles. The van der Waals surface area contributed by atoms with Crippen molar-refractivity contribution in [1.29, 1.82) is 0 Å². The second kappa shape index (κ2) is 7.83. The molecule has 0 amide bonds. The van der Waals surface area contributed by atoms with Crippen LogP contribution in [-0.4, -0.2) is 33.2 Å². The third-order valence-corrected chi connectivity index (χ3v) is 3.80. The maximum absolute atomic E-state index is 5.46. The summed E-state index contributed by atoms with van der Waals surface area (Å²) in [5.74, 6) is 1.78. The predicted molar refractivity (Wildman–Crippen MR) is 97.7 cm³/mol. The van der Waals surface area contributed by atoms with E-state index < -0.39 is 0 Å². The number of anilines is 2. The first-order valence-corrected chi connectivity index (χ1v) is 8.52. The second-order valence-electron chi connectivity index (χ2n) is 5.60. The molecular weight excluding hydrogens is 318 g/mol. The predicted octanol–water partition coefficient (Wildman–Crippen LogP) is 3.78. The minimum atomic E-state index is 0.466. The summed E-state index contributed by atoms with van der Waals surface area (Å²) in [7, 11) is 1.59. The highest BCUT2D eigenvalue weighted by Crippen LogP contribution is 2.25. The van der Waals surface area contributed by atoms with Crippen molar-refractivity contribution >= 4 is 22.8 Å². The van der Waals surface area contributed by atoms with Gasteiger partial charge < -0.3 is 19.4 Å². The smallest absolute Gasteiger partial charge is 0.246 e. The van der Waals surface area contributed by atoms with E-state index in [0.717, 1.165) is 36.5 Å². The number of fused-ring (bicyclic) bond motifs is 1. The van der Waals surface area contributed by atoms with E-state index in [-0.39, 0.29) is 0 Å². The molecular formula is C18H23N5O2. The molecule has 7 nitrogen and oxygen atoms in total. The topological polar surface area (TPSA) is 74.1 Å². The average molecular weight is 341 g/mol. The fourth-order valence-electron chi connectivity index (χ4n) is 2.54. The molecule has 132 valence electrons. The van der Waals surface area contributed by atoms with Gasteiger partial charge in [0.2, 0.25) is 11.8 Å². The molecule has 0 aliphatic heterocycles. The number of methoxy groups -OCH3 is 1. The SMILES string of the molecule is CCCCn1cnc2c(OC)nc(Nc3ccc(OCC)cc3)nc21. The van der Waals surface area contributed by atoms with Crippen LogP contribution in [0.3, 0.4) is 0 Å². The van der Waals surface area contributed by atoms with E-state index in [9.17, 15) is 0 Å². The van der Waals surface area contributed by atoms with E-state index in [1.165, 1.54) is 0 Å². The van der Waals surface area contributed by atoms with Crippen molar-refractivity contribution < 1.29 is 9.47 Å². The van der Waals surface area contributed by atoms with Crippen molar-refractivity contribution in [1.82, 2.24) is 19.5 Å². The molecule has 1 aromatic carbocycles. The van der Waals surface area contributed by atoms with E-state index in [1.807, 2.05) is 35.8 Å². The van der Waals surface area contributed by atoms with Gasteiger partial charge in [0.1, 0.15) is 5.75 Å². The number of aromatic nitrogens is 4. The molecule has 0 atom stereocenters. The molecule has 3 aromatic rings. The summed E-state index contributed by atoms with van der Waals surface area (Å²) >= 11 is 0. The molecule has 0 saturated heterocycles. The highest BCUT2D eigenvalue weighted by Gasteiger charge is 2.14. The lowest BCUT2D eigenvalue weighted by atomic mass is 10.3. The van der Waals surface area contributed by atoms with Crippen LogP contribution >= 0.6 is 0 Å². The quantitative estimate of drug-likeness (QED) is 0.672. The van der Waals surface area contributed by atoms with Crippen molar-refractivity contribution in [2.45, 2.75) is 33.2 Å². The van der Waals surface area contributed by atoms with Gasteiger partial charge in [0.25, 0.3) is 0 Å². The molecule has 25 heavy (non-hydrogen) atoms. The lowest BCUT2D eigenvalue weighted by molar-refractivity contribution is 0.340. The minimum absolute atomic E-state index is 0.466. The summed E-state index contributed by atoms with van der Waals surface area (Å²) in [6, 6.07) is 7.68. The molecule has 0 unspecified atom stereocenters. The average Bonchev–Trinajstić information content (AvgIpc) is 3.04. The molecule has 1 N–H and O–H groups in total. The van der Waals surface area contributed by atoms with Crippen molar-refractivity contribution in [2.24, 2.45) is 0 Å². The summed E-state index contributed by atoms with van der Waals surface area (Å²) in [5, 5.41) is 3.21. The van der Waals surface area contributed by atoms with E-state index in [1.54, 1.807) is 13.4 Å². The van der Waals surface area contributed by atoms with Crippen LogP contribution in [0.4, 0.5) is 11.6 Å². The van der Waals surface area contributed by atoms with Crippen LogP contribution in [0.2, 0.25) is 0 Å². The third-order valence-electron chi connectivity index (χ3n) is 3.80. The van der Waals surface area contributed by atoms with Gasteiger partial charge in [-0.25, -0.2) is 4.98 Å². The van der Waals surface area contributed by atoms with Gasteiger partial charge in [-0.1, -0.05) is 13.3 Å². The maximum atomic E-state index is 5.46. The zero-order valence-electron chi connectivity index (χ0n) is 14.8. The number of imidazole rings is 1. The van der Waals surface area contributed by atoms with Crippen molar-refractivity contribution in [3.05, 3.63) is 30.6 Å². The Balaban J connectivity index is 1.89. The maximum Gasteiger partial charge on any atom is 0.246 e. The number of unbranched alkanes of at least 4 members (excludes halogenated alkanes) is 1. The zero-order chi connectivity index (χ0) is 17.6. The van der Waals surface area contributed by atoms with Crippen molar-refractivity contribution in [3.8, 4) is 11.6 Å². The van der Waals surface area contributed by atoms with Crippen LogP contribution in [-0.2, 0) is 6.54 Å². The molecule has 2 aromatic heterocycles. The van der Waals surface area contributed by atoms with E-state index >= 15 is 0 Å². The minimum Gasteiger partial charge on any atom is -0.494 e. The molecule has 3 rings (SSSR count). The first kappa shape index (κ1) is 17.0. The van der Waals surface area contributed by atoms with Crippen LogP contribution in [0.5, 0.6) is 11.6 Å². The van der Waals surface area contributed by atoms with Gasteiger partial charge >= 0.3 is 0 Å². The fourth-order valence-corrected chi connectivity index (χ4v) is 2.54. The van der Waals surface area contributed by atoms with Crippen molar-refractivity contribution in [2.75, 3.05) is 19.0 Å².